The van der Waals surface area contributed by atoms with Crippen LogP contribution in [0.1, 0.15) is 23.2 Å². The van der Waals surface area contributed by atoms with Crippen molar-refractivity contribution >= 4 is 29.3 Å². The Morgan fingerprint density at radius 1 is 1.21 bits per heavy atom. The Morgan fingerprint density at radius 2 is 1.96 bits per heavy atom. The minimum Gasteiger partial charge on any atom is -0.369 e. The van der Waals surface area contributed by atoms with Crippen molar-refractivity contribution in [3.05, 3.63) is 64.0 Å². The molecular weight excluding hydrogens is 385 g/mol. The van der Waals surface area contributed by atoms with Crippen LogP contribution in [0.5, 0.6) is 0 Å². The molecular formula is C19H18FN3O4S. The van der Waals surface area contributed by atoms with Crippen LogP contribution in [0.3, 0.4) is 0 Å². The van der Waals surface area contributed by atoms with Crippen LogP contribution in [0.4, 0.5) is 10.1 Å². The number of nitrogens with zero attached hydrogens (tertiary/aromatic N) is 2. The summed E-state index contributed by atoms with van der Waals surface area (Å²) in [6.07, 6.45) is 1.22. The lowest BCUT2D eigenvalue weighted by Crippen LogP contribution is -2.44. The first-order valence-corrected chi connectivity index (χ1v) is 9.48. The molecule has 2 amide bonds. The van der Waals surface area contributed by atoms with Crippen molar-refractivity contribution < 1.29 is 18.9 Å². The van der Waals surface area contributed by atoms with Crippen LogP contribution in [-0.2, 0) is 4.79 Å². The maximum atomic E-state index is 14.0. The van der Waals surface area contributed by atoms with Gasteiger partial charge in [-0.3, -0.25) is 19.7 Å². The van der Waals surface area contributed by atoms with E-state index in [-0.39, 0.29) is 17.8 Å². The van der Waals surface area contributed by atoms with E-state index in [1.54, 1.807) is 18.2 Å². The number of carbonyl (C=O) groups is 2. The lowest BCUT2D eigenvalue weighted by Gasteiger charge is -2.31. The van der Waals surface area contributed by atoms with Gasteiger partial charge in [-0.2, -0.15) is 0 Å². The fraction of sp³-hybridized carbons (Fsp3) is 0.263. The number of hydrogen-bond donors (Lipinski definition) is 1. The highest BCUT2D eigenvalue weighted by atomic mass is 32.2. The zero-order chi connectivity index (χ0) is 20.3. The molecule has 1 saturated heterocycles. The third kappa shape index (κ3) is 4.30. The summed E-state index contributed by atoms with van der Waals surface area (Å²) in [5.41, 5.74) is 5.24. The molecule has 1 heterocycles. The summed E-state index contributed by atoms with van der Waals surface area (Å²) in [6, 6.07) is 10.0. The van der Waals surface area contributed by atoms with Crippen LogP contribution in [0.25, 0.3) is 0 Å². The summed E-state index contributed by atoms with van der Waals surface area (Å²) in [5.74, 6) is -1.80. The highest BCUT2D eigenvalue weighted by Crippen LogP contribution is 2.35. The Balaban J connectivity index is 1.96. The molecule has 9 heteroatoms. The van der Waals surface area contributed by atoms with Gasteiger partial charge in [-0.1, -0.05) is 23.9 Å². The molecule has 0 radical (unpaired) electrons. The fourth-order valence-corrected chi connectivity index (χ4v) is 4.04. The standard InChI is InChI=1S/C19H18FN3O4S/c20-15-5-1-2-6-17(15)28-16-8-7-13(23(26)27)10-14(16)19(25)22-9-3-4-12(11-22)18(21)24/h1-2,5-8,10,12H,3-4,9,11H2,(H2,21,24). The van der Waals surface area contributed by atoms with Crippen molar-refractivity contribution in [3.8, 4) is 0 Å². The number of rotatable bonds is 5. The van der Waals surface area contributed by atoms with Crippen LogP contribution in [0.15, 0.2) is 52.3 Å². The monoisotopic (exact) mass is 403 g/mol. The highest BCUT2D eigenvalue weighted by molar-refractivity contribution is 7.99. The Labute approximate surface area is 164 Å². The number of benzene rings is 2. The average Bonchev–Trinajstić information content (AvgIpc) is 2.69. The molecule has 7 nitrogen and oxygen atoms in total. The number of amides is 2. The molecule has 28 heavy (non-hydrogen) atoms. The summed E-state index contributed by atoms with van der Waals surface area (Å²) in [5, 5.41) is 11.2. The average molecular weight is 403 g/mol. The van der Waals surface area contributed by atoms with E-state index in [9.17, 15) is 24.1 Å². The fourth-order valence-electron chi connectivity index (χ4n) is 3.10. The third-order valence-electron chi connectivity index (χ3n) is 4.57. The Morgan fingerprint density at radius 3 is 2.64 bits per heavy atom. The normalized spacial score (nSPS) is 16.6. The molecule has 2 aromatic carbocycles. The van der Waals surface area contributed by atoms with Gasteiger partial charge >= 0.3 is 0 Å². The van der Waals surface area contributed by atoms with E-state index in [1.165, 1.54) is 29.2 Å². The predicted octanol–water partition coefficient (Wildman–Crippen LogP) is 3.22. The first-order valence-electron chi connectivity index (χ1n) is 8.66. The maximum Gasteiger partial charge on any atom is 0.270 e. The molecule has 2 N–H and O–H groups in total. The van der Waals surface area contributed by atoms with Gasteiger partial charge in [0, 0.05) is 35.0 Å². The summed E-state index contributed by atoms with van der Waals surface area (Å²) in [7, 11) is 0. The largest absolute Gasteiger partial charge is 0.369 e. The Bertz CT molecular complexity index is 937. The van der Waals surface area contributed by atoms with E-state index in [4.69, 9.17) is 5.73 Å². The van der Waals surface area contributed by atoms with E-state index in [1.807, 2.05) is 0 Å². The maximum absolute atomic E-state index is 14.0. The van der Waals surface area contributed by atoms with Crippen molar-refractivity contribution in [2.75, 3.05) is 13.1 Å². The molecule has 2 aromatic rings. The van der Waals surface area contributed by atoms with Crippen molar-refractivity contribution in [2.45, 2.75) is 22.6 Å². The Kier molecular flexibility index (Phi) is 5.93. The number of halogens is 1. The van der Waals surface area contributed by atoms with Crippen LogP contribution in [0.2, 0.25) is 0 Å². The number of non-ortho nitro benzene ring substituents is 1. The van der Waals surface area contributed by atoms with Crippen molar-refractivity contribution in [2.24, 2.45) is 11.7 Å². The number of likely N-dealkylation sites (tertiary alicyclic amines) is 1. The molecule has 0 aromatic heterocycles. The first-order chi connectivity index (χ1) is 13.4. The van der Waals surface area contributed by atoms with Crippen LogP contribution in [0, 0.1) is 21.8 Å². The topological polar surface area (TPSA) is 107 Å². The highest BCUT2D eigenvalue weighted by Gasteiger charge is 2.29. The molecule has 0 spiro atoms. The molecule has 1 aliphatic rings. The van der Waals surface area contributed by atoms with Crippen molar-refractivity contribution in [1.82, 2.24) is 4.90 Å². The minimum absolute atomic E-state index is 0.104. The van der Waals surface area contributed by atoms with Gasteiger partial charge in [-0.05, 0) is 31.0 Å². The van der Waals surface area contributed by atoms with Crippen molar-refractivity contribution in [1.29, 1.82) is 0 Å². The van der Waals surface area contributed by atoms with Gasteiger partial charge in [0.1, 0.15) is 5.82 Å². The molecule has 1 unspecified atom stereocenters. The number of primary amides is 1. The third-order valence-corrected chi connectivity index (χ3v) is 5.70. The van der Waals surface area contributed by atoms with Crippen LogP contribution in [-0.4, -0.2) is 34.7 Å². The molecule has 0 aliphatic carbocycles. The van der Waals surface area contributed by atoms with E-state index in [2.05, 4.69) is 0 Å². The second kappa shape index (κ2) is 8.39. The second-order valence-electron chi connectivity index (χ2n) is 6.46. The summed E-state index contributed by atoms with van der Waals surface area (Å²) in [4.78, 5) is 37.3. The van der Waals surface area contributed by atoms with E-state index >= 15 is 0 Å². The number of hydrogen-bond acceptors (Lipinski definition) is 5. The minimum atomic E-state index is -0.587. The van der Waals surface area contributed by atoms with Gasteiger partial charge in [0.05, 0.1) is 16.4 Å². The predicted molar refractivity (Wildman–Crippen MR) is 101 cm³/mol. The number of nitro benzene ring substituents is 1. The number of nitro groups is 1. The molecule has 3 rings (SSSR count). The zero-order valence-electron chi connectivity index (χ0n) is 14.8. The quantitative estimate of drug-likeness (QED) is 0.609. The molecule has 0 bridgehead atoms. The first kappa shape index (κ1) is 19.8. The molecule has 1 aliphatic heterocycles. The molecule has 146 valence electrons. The van der Waals surface area contributed by atoms with Gasteiger partial charge in [0.25, 0.3) is 11.6 Å². The van der Waals surface area contributed by atoms with Gasteiger partial charge < -0.3 is 10.6 Å². The van der Waals surface area contributed by atoms with Crippen LogP contribution >= 0.6 is 11.8 Å². The summed E-state index contributed by atoms with van der Waals surface area (Å²) in [6.45, 7) is 0.593. The van der Waals surface area contributed by atoms with Crippen molar-refractivity contribution in [3.63, 3.8) is 0 Å². The summed E-state index contributed by atoms with van der Waals surface area (Å²) < 4.78 is 14.0. The smallest absolute Gasteiger partial charge is 0.270 e. The Hall–Kier alpha value is -2.94. The lowest BCUT2D eigenvalue weighted by atomic mass is 9.97. The molecule has 0 saturated carbocycles. The van der Waals surface area contributed by atoms with Gasteiger partial charge in [0.15, 0.2) is 0 Å². The number of nitrogens with two attached hydrogens (primary N) is 1. The van der Waals surface area contributed by atoms with Gasteiger partial charge in [-0.25, -0.2) is 4.39 Å². The van der Waals surface area contributed by atoms with Gasteiger partial charge in [0.2, 0.25) is 5.91 Å². The number of piperidine rings is 1. The molecule has 1 fully saturated rings. The van der Waals surface area contributed by atoms with Gasteiger partial charge in [-0.15, -0.1) is 0 Å². The van der Waals surface area contributed by atoms with Crippen LogP contribution < -0.4 is 5.73 Å². The van der Waals surface area contributed by atoms with E-state index in [0.717, 1.165) is 11.8 Å². The van der Waals surface area contributed by atoms with E-state index < -0.39 is 28.5 Å². The number of carbonyl (C=O) groups excluding carboxylic acids is 2. The summed E-state index contributed by atoms with van der Waals surface area (Å²) >= 11 is 1.02. The SMILES string of the molecule is NC(=O)C1CCCN(C(=O)c2cc([N+](=O)[O-])ccc2Sc2ccccc2F)C1. The lowest BCUT2D eigenvalue weighted by molar-refractivity contribution is -0.384. The van der Waals surface area contributed by atoms with E-state index in [0.29, 0.717) is 29.2 Å². The molecule has 1 atom stereocenters. The second-order valence-corrected chi connectivity index (χ2v) is 7.55. The zero-order valence-corrected chi connectivity index (χ0v) is 15.7.